The summed E-state index contributed by atoms with van der Waals surface area (Å²) in [6, 6.07) is 8.85. The molecule has 2 aliphatic rings. The highest BCUT2D eigenvalue weighted by Gasteiger charge is 2.18. The van der Waals surface area contributed by atoms with Gasteiger partial charge in [0, 0.05) is 49.9 Å². The molecule has 5 rings (SSSR count). The second-order valence-electron chi connectivity index (χ2n) is 9.48. The Bertz CT molecular complexity index is 1380. The highest BCUT2D eigenvalue weighted by molar-refractivity contribution is 5.97. The van der Waals surface area contributed by atoms with Gasteiger partial charge in [0.1, 0.15) is 17.3 Å². The van der Waals surface area contributed by atoms with E-state index in [-0.39, 0.29) is 47.7 Å². The smallest absolute Gasteiger partial charge is 0.255 e. The Kier molecular flexibility index (Phi) is 8.77. The molecule has 1 fully saturated rings. The van der Waals surface area contributed by atoms with Crippen molar-refractivity contribution < 1.29 is 27.8 Å². The van der Waals surface area contributed by atoms with E-state index in [9.17, 15) is 18.4 Å². The molecule has 6 bridgehead atoms. The van der Waals surface area contributed by atoms with Gasteiger partial charge in [-0.05, 0) is 43.2 Å². The van der Waals surface area contributed by atoms with Gasteiger partial charge in [0.15, 0.2) is 5.82 Å². The van der Waals surface area contributed by atoms with Crippen molar-refractivity contribution in [2.24, 2.45) is 0 Å². The van der Waals surface area contributed by atoms with E-state index in [0.717, 1.165) is 25.4 Å². The summed E-state index contributed by atoms with van der Waals surface area (Å²) in [6.45, 7) is 4.47. The maximum atomic E-state index is 14.7. The highest BCUT2D eigenvalue weighted by atomic mass is 19.1. The number of nitrogens with zero attached hydrogens (tertiary/aromatic N) is 3. The maximum Gasteiger partial charge on any atom is 0.255 e. The zero-order chi connectivity index (χ0) is 27.9. The molecular formula is C28H30F2N6O4. The Morgan fingerprint density at radius 2 is 1.88 bits per heavy atom. The van der Waals surface area contributed by atoms with Crippen molar-refractivity contribution in [3.05, 3.63) is 59.8 Å². The molecule has 3 aromatic rings. The fourth-order valence-electron chi connectivity index (χ4n) is 4.46. The summed E-state index contributed by atoms with van der Waals surface area (Å²) in [7, 11) is 0. The summed E-state index contributed by atoms with van der Waals surface area (Å²) in [6.07, 6.45) is 2.15. The molecule has 0 unspecified atom stereocenters. The van der Waals surface area contributed by atoms with Crippen LogP contribution in [0.3, 0.4) is 0 Å². The Morgan fingerprint density at radius 1 is 1.02 bits per heavy atom. The van der Waals surface area contributed by atoms with Crippen LogP contribution in [0.1, 0.15) is 29.6 Å². The largest absolute Gasteiger partial charge is 0.493 e. The van der Waals surface area contributed by atoms with E-state index in [1.54, 1.807) is 18.2 Å². The number of hydrogen-bond acceptors (Lipinski definition) is 8. The van der Waals surface area contributed by atoms with E-state index >= 15 is 0 Å². The first kappa shape index (κ1) is 27.4. The molecule has 3 N–H and O–H groups in total. The summed E-state index contributed by atoms with van der Waals surface area (Å²) >= 11 is 0. The first-order valence-electron chi connectivity index (χ1n) is 13.2. The van der Waals surface area contributed by atoms with E-state index < -0.39 is 11.6 Å². The number of fused-ring (bicyclic) bond motifs is 7. The number of aromatic nitrogens is 2. The quantitative estimate of drug-likeness (QED) is 0.448. The first-order valence-corrected chi connectivity index (χ1v) is 13.2. The molecule has 1 aromatic heterocycles. The normalized spacial score (nSPS) is 16.2. The second-order valence-corrected chi connectivity index (χ2v) is 9.48. The van der Waals surface area contributed by atoms with Gasteiger partial charge < -0.3 is 25.4 Å². The van der Waals surface area contributed by atoms with Crippen molar-refractivity contribution in [1.82, 2.24) is 20.2 Å². The number of halogens is 2. The van der Waals surface area contributed by atoms with Crippen LogP contribution in [0, 0.1) is 11.6 Å². The number of amides is 2. The van der Waals surface area contributed by atoms with Gasteiger partial charge >= 0.3 is 0 Å². The Hall–Kier alpha value is -4.16. The van der Waals surface area contributed by atoms with Crippen molar-refractivity contribution in [2.45, 2.75) is 19.3 Å². The summed E-state index contributed by atoms with van der Waals surface area (Å²) in [5.74, 6) is -1.57. The van der Waals surface area contributed by atoms with Gasteiger partial charge in [-0.3, -0.25) is 14.5 Å². The van der Waals surface area contributed by atoms with Crippen molar-refractivity contribution in [3.63, 3.8) is 0 Å². The molecule has 1 saturated heterocycles. The third kappa shape index (κ3) is 6.88. The lowest BCUT2D eigenvalue weighted by molar-refractivity contribution is -0.116. The predicted octanol–water partition coefficient (Wildman–Crippen LogP) is 3.73. The number of carbonyl (C=O) groups is 2. The van der Waals surface area contributed by atoms with Crippen LogP contribution in [0.4, 0.5) is 26.1 Å². The van der Waals surface area contributed by atoms with Gasteiger partial charge in [-0.2, -0.15) is 0 Å². The van der Waals surface area contributed by atoms with Crippen LogP contribution in [-0.2, 0) is 9.53 Å². The van der Waals surface area contributed by atoms with Gasteiger partial charge in [-0.15, -0.1) is 0 Å². The number of nitrogens with one attached hydrogen (secondary N) is 3. The molecule has 2 amide bonds. The minimum Gasteiger partial charge on any atom is -0.493 e. The number of benzene rings is 2. The first-order chi connectivity index (χ1) is 19.5. The molecule has 10 nitrogen and oxygen atoms in total. The van der Waals surface area contributed by atoms with Gasteiger partial charge in [-0.25, -0.2) is 18.7 Å². The monoisotopic (exact) mass is 552 g/mol. The number of anilines is 3. The average Bonchev–Trinajstić information content (AvgIpc) is 2.95. The number of hydrogen-bond donors (Lipinski definition) is 3. The van der Waals surface area contributed by atoms with E-state index in [1.807, 2.05) is 0 Å². The van der Waals surface area contributed by atoms with Crippen LogP contribution in [0.2, 0.25) is 0 Å². The van der Waals surface area contributed by atoms with E-state index in [4.69, 9.17) is 9.47 Å². The average molecular weight is 553 g/mol. The standard InChI is InChI=1S/C28H30F2N6O4/c29-21-7-4-18-15-23(21)34-25(37)3-1-2-12-40-24-16-19(33-28-32-17-22(30)26(18)35-28)5-6-20(24)27(38)31-8-9-36-10-13-39-14-11-36/h4-7,15-17H,1-3,8-14H2,(H,31,38)(H,34,37)(H,32,33,35). The van der Waals surface area contributed by atoms with E-state index in [2.05, 4.69) is 30.8 Å². The fourth-order valence-corrected chi connectivity index (χ4v) is 4.46. The fraction of sp³-hybridized carbons (Fsp3) is 0.357. The number of rotatable bonds is 4. The van der Waals surface area contributed by atoms with Crippen LogP contribution in [0.15, 0.2) is 42.6 Å². The van der Waals surface area contributed by atoms with E-state index in [1.165, 1.54) is 12.1 Å². The van der Waals surface area contributed by atoms with Crippen LogP contribution >= 0.6 is 0 Å². The Morgan fingerprint density at radius 3 is 2.73 bits per heavy atom. The van der Waals surface area contributed by atoms with Gasteiger partial charge in [0.2, 0.25) is 11.9 Å². The second kappa shape index (κ2) is 12.8. The lowest BCUT2D eigenvalue weighted by atomic mass is 10.1. The summed E-state index contributed by atoms with van der Waals surface area (Å²) < 4.78 is 40.4. The molecule has 12 heteroatoms. The number of carbonyl (C=O) groups excluding carboxylic acids is 2. The van der Waals surface area contributed by atoms with E-state index in [0.29, 0.717) is 56.1 Å². The third-order valence-electron chi connectivity index (χ3n) is 6.61. The zero-order valence-corrected chi connectivity index (χ0v) is 21.8. The Balaban J connectivity index is 1.39. The zero-order valence-electron chi connectivity index (χ0n) is 21.8. The topological polar surface area (TPSA) is 118 Å². The van der Waals surface area contributed by atoms with Gasteiger partial charge in [-0.1, -0.05) is 0 Å². The number of ether oxygens (including phenoxy) is 2. The minimum absolute atomic E-state index is 0.0634. The molecule has 40 heavy (non-hydrogen) atoms. The molecule has 0 spiro atoms. The summed E-state index contributed by atoms with van der Waals surface area (Å²) in [5, 5.41) is 8.51. The number of morpholine rings is 1. The molecule has 0 atom stereocenters. The molecule has 3 heterocycles. The summed E-state index contributed by atoms with van der Waals surface area (Å²) in [5.41, 5.74) is 1.03. The van der Waals surface area contributed by atoms with Gasteiger partial charge in [0.05, 0.1) is 37.3 Å². The SMILES string of the molecule is O=C1CCCCOc2cc(ccc2C(=O)NCCN2CCOCC2)Nc2ncc(F)c(n2)-c2ccc(F)c(c2)N1. The summed E-state index contributed by atoms with van der Waals surface area (Å²) in [4.78, 5) is 36.0. The maximum absolute atomic E-state index is 14.7. The van der Waals surface area contributed by atoms with Crippen LogP contribution < -0.4 is 20.7 Å². The molecule has 0 aliphatic carbocycles. The van der Waals surface area contributed by atoms with Crippen molar-refractivity contribution in [3.8, 4) is 17.0 Å². The van der Waals surface area contributed by atoms with Crippen LogP contribution in [0.25, 0.3) is 11.3 Å². The molecule has 0 radical (unpaired) electrons. The van der Waals surface area contributed by atoms with Gasteiger partial charge in [0.25, 0.3) is 5.91 Å². The van der Waals surface area contributed by atoms with Crippen molar-refractivity contribution in [2.75, 3.05) is 56.6 Å². The molecular weight excluding hydrogens is 522 g/mol. The third-order valence-corrected chi connectivity index (χ3v) is 6.61. The molecule has 210 valence electrons. The predicted molar refractivity (Wildman–Crippen MR) is 145 cm³/mol. The molecule has 2 aromatic carbocycles. The van der Waals surface area contributed by atoms with Crippen molar-refractivity contribution in [1.29, 1.82) is 0 Å². The lowest BCUT2D eigenvalue weighted by Gasteiger charge is -2.26. The molecule has 0 saturated carbocycles. The highest BCUT2D eigenvalue weighted by Crippen LogP contribution is 2.29. The minimum atomic E-state index is -0.708. The van der Waals surface area contributed by atoms with Crippen LogP contribution in [0.5, 0.6) is 5.75 Å². The molecule has 2 aliphatic heterocycles. The Labute approximate surface area is 230 Å². The lowest BCUT2D eigenvalue weighted by Crippen LogP contribution is -2.41. The van der Waals surface area contributed by atoms with Crippen LogP contribution in [-0.4, -0.2) is 72.7 Å². The van der Waals surface area contributed by atoms with Crippen molar-refractivity contribution >= 4 is 29.1 Å².